The quantitative estimate of drug-likeness (QED) is 0.166. The highest BCUT2D eigenvalue weighted by molar-refractivity contribution is 6.19. The number of hydrogen-bond acceptors (Lipinski definition) is 3. The fourth-order valence-corrected chi connectivity index (χ4v) is 10.8. The third-order valence-electron chi connectivity index (χ3n) is 13.4. The van der Waals surface area contributed by atoms with Gasteiger partial charge in [-0.15, -0.1) is 0 Å². The maximum atomic E-state index is 5.40. The lowest BCUT2D eigenvalue weighted by molar-refractivity contribution is 0.783. The van der Waals surface area contributed by atoms with E-state index in [2.05, 4.69) is 205 Å². The predicted octanol–water partition coefficient (Wildman–Crippen LogP) is 14.9. The van der Waals surface area contributed by atoms with Crippen LogP contribution in [0.1, 0.15) is 22.3 Å². The minimum atomic E-state index is -0.684. The van der Waals surface area contributed by atoms with Crippen molar-refractivity contribution in [2.45, 2.75) is 5.41 Å². The van der Waals surface area contributed by atoms with E-state index >= 15 is 0 Å². The van der Waals surface area contributed by atoms with E-state index in [1.54, 1.807) is 0 Å². The number of hydrogen-bond donors (Lipinski definition) is 0. The SMILES string of the molecule is c1ccc(-c2nc(-c3ccc(-c4cccnc4)cc3)cc(-c3ccc4c(c3)C3(c5ccccc5-c5ccccc5-4)c4ccccc4-c4c3c3ccccc3c3ccccc43)n2)cc1. The van der Waals surface area contributed by atoms with Gasteiger partial charge in [-0.1, -0.05) is 194 Å². The van der Waals surface area contributed by atoms with Crippen molar-refractivity contribution in [2.24, 2.45) is 0 Å². The molecule has 3 heteroatoms. The molecule has 0 saturated heterocycles. The second kappa shape index (κ2) is 13.9. The average Bonchev–Trinajstić information content (AvgIpc) is 3.63. The van der Waals surface area contributed by atoms with Crippen molar-refractivity contribution in [2.75, 3.05) is 0 Å². The largest absolute Gasteiger partial charge is 0.264 e. The maximum Gasteiger partial charge on any atom is 0.160 e. The molecule has 292 valence electrons. The number of aromatic nitrogens is 3. The van der Waals surface area contributed by atoms with Crippen LogP contribution in [0.4, 0.5) is 0 Å². The Labute approximate surface area is 365 Å². The lowest BCUT2D eigenvalue weighted by atomic mass is 9.64. The van der Waals surface area contributed by atoms with E-state index in [4.69, 9.17) is 9.97 Å². The fraction of sp³-hybridized carbons (Fsp3) is 0.0167. The van der Waals surface area contributed by atoms with Crippen LogP contribution in [0.25, 0.3) is 100.0 Å². The number of nitrogens with zero attached hydrogens (tertiary/aromatic N) is 3. The second-order valence-corrected chi connectivity index (χ2v) is 16.6. The average molecular weight is 800 g/mol. The van der Waals surface area contributed by atoms with Gasteiger partial charge in [-0.3, -0.25) is 4.98 Å². The summed E-state index contributed by atoms with van der Waals surface area (Å²) in [6.45, 7) is 0. The molecule has 0 aliphatic heterocycles. The molecule has 0 saturated carbocycles. The lowest BCUT2D eigenvalue weighted by Gasteiger charge is -2.36. The second-order valence-electron chi connectivity index (χ2n) is 16.6. The molecule has 11 aromatic rings. The first-order valence-corrected chi connectivity index (χ1v) is 21.6. The zero-order chi connectivity index (χ0) is 41.5. The molecule has 2 aromatic heterocycles. The van der Waals surface area contributed by atoms with Gasteiger partial charge in [0.2, 0.25) is 0 Å². The summed E-state index contributed by atoms with van der Waals surface area (Å²) >= 11 is 0. The topological polar surface area (TPSA) is 38.7 Å². The monoisotopic (exact) mass is 799 g/mol. The van der Waals surface area contributed by atoms with Crippen LogP contribution >= 0.6 is 0 Å². The summed E-state index contributed by atoms with van der Waals surface area (Å²) in [5.41, 5.74) is 18.9. The van der Waals surface area contributed by atoms with E-state index in [0.717, 1.165) is 39.2 Å². The molecular formula is C60H37N3. The predicted molar refractivity (Wildman–Crippen MR) is 258 cm³/mol. The summed E-state index contributed by atoms with van der Waals surface area (Å²) in [7, 11) is 0. The van der Waals surface area contributed by atoms with Crippen molar-refractivity contribution in [1.29, 1.82) is 0 Å². The Balaban J connectivity index is 1.14. The smallest absolute Gasteiger partial charge is 0.160 e. The van der Waals surface area contributed by atoms with E-state index in [9.17, 15) is 0 Å². The summed E-state index contributed by atoms with van der Waals surface area (Å²) in [5.74, 6) is 0.689. The van der Waals surface area contributed by atoms with Crippen LogP contribution in [0.2, 0.25) is 0 Å². The maximum absolute atomic E-state index is 5.40. The Morgan fingerprint density at radius 2 is 0.841 bits per heavy atom. The molecule has 2 aliphatic carbocycles. The molecule has 0 radical (unpaired) electrons. The van der Waals surface area contributed by atoms with E-state index in [-0.39, 0.29) is 0 Å². The van der Waals surface area contributed by atoms with Crippen molar-refractivity contribution in [1.82, 2.24) is 15.0 Å². The molecule has 0 fully saturated rings. The summed E-state index contributed by atoms with van der Waals surface area (Å²) in [5, 5.41) is 5.08. The van der Waals surface area contributed by atoms with Gasteiger partial charge in [0, 0.05) is 29.1 Å². The molecule has 0 N–H and O–H groups in total. The van der Waals surface area contributed by atoms with E-state index in [1.165, 1.54) is 77.2 Å². The highest BCUT2D eigenvalue weighted by Crippen LogP contribution is 2.64. The van der Waals surface area contributed by atoms with Crippen LogP contribution in [0.15, 0.2) is 225 Å². The standard InChI is InChI=1S/C60H37N3/c1-2-15-40(16-3-1)59-62-55(39-30-28-38(29-31-39)42-17-14-34-61-37-42)36-56(63-59)41-32-33-48-44-19-5-4-18-43(44)47-22-10-12-26-52(47)60(54(48)35-41)53-27-13-11-25-51(53)57-49-23-8-6-20-45(49)46-21-7-9-24-50(46)58(57)60/h1-37H. The molecule has 63 heavy (non-hydrogen) atoms. The third-order valence-corrected chi connectivity index (χ3v) is 13.4. The van der Waals surface area contributed by atoms with E-state index < -0.39 is 5.41 Å². The molecule has 2 heterocycles. The van der Waals surface area contributed by atoms with Gasteiger partial charge in [0.1, 0.15) is 0 Å². The van der Waals surface area contributed by atoms with Crippen molar-refractivity contribution in [3.8, 4) is 78.4 Å². The number of pyridine rings is 1. The van der Waals surface area contributed by atoms with E-state index in [0.29, 0.717) is 5.82 Å². The fourth-order valence-electron chi connectivity index (χ4n) is 10.8. The van der Waals surface area contributed by atoms with Crippen molar-refractivity contribution >= 4 is 21.5 Å². The normalized spacial score (nSPS) is 14.4. The van der Waals surface area contributed by atoms with Crippen molar-refractivity contribution in [3.05, 3.63) is 247 Å². The Morgan fingerprint density at radius 1 is 0.317 bits per heavy atom. The van der Waals surface area contributed by atoms with Crippen molar-refractivity contribution < 1.29 is 0 Å². The molecule has 9 aromatic carbocycles. The summed E-state index contributed by atoms with van der Waals surface area (Å²) in [6, 6.07) is 77.5. The minimum absolute atomic E-state index is 0.684. The molecule has 1 unspecified atom stereocenters. The van der Waals surface area contributed by atoms with Gasteiger partial charge in [0.05, 0.1) is 16.8 Å². The van der Waals surface area contributed by atoms with E-state index in [1.807, 2.05) is 24.5 Å². The highest BCUT2D eigenvalue weighted by atomic mass is 14.9. The third kappa shape index (κ3) is 5.23. The minimum Gasteiger partial charge on any atom is -0.264 e. The molecule has 13 rings (SSSR count). The molecule has 0 bridgehead atoms. The molecule has 1 atom stereocenters. The van der Waals surface area contributed by atoms with Crippen LogP contribution < -0.4 is 0 Å². The Morgan fingerprint density at radius 3 is 1.56 bits per heavy atom. The lowest BCUT2D eigenvalue weighted by Crippen LogP contribution is -2.29. The van der Waals surface area contributed by atoms with Gasteiger partial charge < -0.3 is 0 Å². The molecule has 0 amide bonds. The van der Waals surface area contributed by atoms with Gasteiger partial charge in [0.15, 0.2) is 5.82 Å². The van der Waals surface area contributed by atoms with Gasteiger partial charge >= 0.3 is 0 Å². The zero-order valence-corrected chi connectivity index (χ0v) is 34.2. The van der Waals surface area contributed by atoms with Crippen LogP contribution in [-0.4, -0.2) is 15.0 Å². The molecule has 2 aliphatic rings. The molecule has 3 nitrogen and oxygen atoms in total. The Bertz CT molecular complexity index is 3610. The van der Waals surface area contributed by atoms with Crippen molar-refractivity contribution in [3.63, 3.8) is 0 Å². The van der Waals surface area contributed by atoms with Gasteiger partial charge in [-0.2, -0.15) is 0 Å². The highest BCUT2D eigenvalue weighted by Gasteiger charge is 2.51. The summed E-state index contributed by atoms with van der Waals surface area (Å²) in [6.07, 6.45) is 3.71. The van der Waals surface area contributed by atoms with Crippen LogP contribution in [0.3, 0.4) is 0 Å². The Kier molecular flexibility index (Phi) is 7.82. The number of rotatable bonds is 4. The molecule has 1 spiro atoms. The first-order chi connectivity index (χ1) is 31.3. The van der Waals surface area contributed by atoms with Crippen LogP contribution in [-0.2, 0) is 5.41 Å². The first kappa shape index (κ1) is 35.5. The van der Waals surface area contributed by atoms with Gasteiger partial charge in [-0.05, 0) is 107 Å². The van der Waals surface area contributed by atoms with Crippen LogP contribution in [0.5, 0.6) is 0 Å². The van der Waals surface area contributed by atoms with Gasteiger partial charge in [-0.25, -0.2) is 9.97 Å². The first-order valence-electron chi connectivity index (χ1n) is 21.6. The number of benzene rings is 9. The zero-order valence-electron chi connectivity index (χ0n) is 34.2. The summed E-state index contributed by atoms with van der Waals surface area (Å²) in [4.78, 5) is 15.0. The molecular weight excluding hydrogens is 763 g/mol. The van der Waals surface area contributed by atoms with Crippen LogP contribution in [0, 0.1) is 0 Å². The summed E-state index contributed by atoms with van der Waals surface area (Å²) < 4.78 is 0. The Hall–Kier alpha value is -8.27. The van der Waals surface area contributed by atoms with Gasteiger partial charge in [0.25, 0.3) is 0 Å². The number of fused-ring (bicyclic) bond motifs is 17.